The predicted molar refractivity (Wildman–Crippen MR) is 288 cm³/mol. The van der Waals surface area contributed by atoms with Gasteiger partial charge in [0.05, 0.1) is 23.5 Å². The number of nitrogens with two attached hydrogens (primary N) is 1. The number of carboxylic acids is 3. The smallest absolute Gasteiger partial charge is 0.333 e. The number of aliphatic carboxylic acids is 3. The number of urea groups is 1. The molecule has 4 aromatic rings. The minimum absolute atomic E-state index is 0.0703. The Kier molecular flexibility index (Phi) is 19.5. The molecule has 0 aliphatic carbocycles. The van der Waals surface area contributed by atoms with Crippen LogP contribution in [0.5, 0.6) is 5.75 Å². The summed E-state index contributed by atoms with van der Waals surface area (Å²) in [6.07, 6.45) is -2.82. The molecule has 2 aliphatic heterocycles. The van der Waals surface area contributed by atoms with E-state index in [2.05, 4.69) is 26.6 Å². The first-order valence-corrected chi connectivity index (χ1v) is 27.0. The van der Waals surface area contributed by atoms with Crippen LogP contribution >= 0.6 is 0 Å². The molecule has 80 heavy (non-hydrogen) atoms. The van der Waals surface area contributed by atoms with Crippen molar-refractivity contribution in [2.45, 2.75) is 127 Å². The van der Waals surface area contributed by atoms with Crippen molar-refractivity contribution in [3.05, 3.63) is 118 Å². The number of esters is 1. The molecule has 24 nitrogen and oxygen atoms in total. The number of benzene rings is 4. The lowest BCUT2D eigenvalue weighted by molar-refractivity contribution is -0.141. The fraction of sp³-hybridized carbons (Fsp3) is 0.382. The molecule has 1 unspecified atom stereocenters. The quantitative estimate of drug-likeness (QED) is 0.0338. The van der Waals surface area contributed by atoms with Crippen molar-refractivity contribution in [1.29, 1.82) is 0 Å². The highest BCUT2D eigenvalue weighted by Gasteiger charge is 2.40. The molecule has 0 aromatic heterocycles. The first-order valence-electron chi connectivity index (χ1n) is 25.5. The van der Waals surface area contributed by atoms with Crippen molar-refractivity contribution in [1.82, 2.24) is 25.6 Å². The molecule has 426 valence electrons. The monoisotopic (exact) mass is 1120 g/mol. The van der Waals surface area contributed by atoms with Gasteiger partial charge in [-0.15, -0.1) is 0 Å². The van der Waals surface area contributed by atoms with Crippen molar-refractivity contribution in [3.63, 3.8) is 0 Å². The Labute approximate surface area is 460 Å². The molecule has 0 spiro atoms. The third-order valence-corrected chi connectivity index (χ3v) is 15.2. The second-order valence-corrected chi connectivity index (χ2v) is 22.1. The summed E-state index contributed by atoms with van der Waals surface area (Å²) < 4.78 is 34.0. The Morgan fingerprint density at radius 2 is 1.36 bits per heavy atom. The summed E-state index contributed by atoms with van der Waals surface area (Å²) in [7, 11) is -4.22. The summed E-state index contributed by atoms with van der Waals surface area (Å²) >= 11 is 0. The fourth-order valence-electron chi connectivity index (χ4n) is 9.50. The van der Waals surface area contributed by atoms with Crippen molar-refractivity contribution in [2.24, 2.45) is 5.73 Å². The number of aryl methyl sites for hydroxylation is 2. The van der Waals surface area contributed by atoms with E-state index in [0.29, 0.717) is 45.6 Å². The van der Waals surface area contributed by atoms with Gasteiger partial charge in [-0.2, -0.15) is 0 Å². The average Bonchev–Trinajstić information content (AvgIpc) is 4.09. The zero-order valence-corrected chi connectivity index (χ0v) is 45.4. The minimum atomic E-state index is -4.22. The molecule has 1 fully saturated rings. The van der Waals surface area contributed by atoms with Crippen LogP contribution in [0.4, 0.5) is 16.2 Å². The largest absolute Gasteiger partial charge is 0.481 e. The van der Waals surface area contributed by atoms with E-state index in [1.165, 1.54) is 24.0 Å². The number of rotatable bonds is 25. The van der Waals surface area contributed by atoms with Crippen LogP contribution in [0, 0.1) is 13.8 Å². The van der Waals surface area contributed by atoms with E-state index in [9.17, 15) is 66.6 Å². The number of carbonyl (C=O) groups is 10. The Bertz CT molecular complexity index is 3190. The highest BCUT2D eigenvalue weighted by molar-refractivity contribution is 7.89. The maximum Gasteiger partial charge on any atom is 0.333 e. The molecule has 7 amide bonds. The summed E-state index contributed by atoms with van der Waals surface area (Å²) in [6.45, 7) is 8.50. The zero-order chi connectivity index (χ0) is 58.8. The number of hydrogen-bond donors (Lipinski definition) is 9. The number of fused-ring (bicyclic) bond motifs is 1. The van der Waals surface area contributed by atoms with Gasteiger partial charge in [-0.3, -0.25) is 38.4 Å². The second-order valence-electron chi connectivity index (χ2n) is 20.3. The number of sulfonamides is 1. The number of nitrogens with one attached hydrogen (secondary N) is 5. The van der Waals surface area contributed by atoms with E-state index in [1.54, 1.807) is 88.4 Å². The third-order valence-electron chi connectivity index (χ3n) is 13.5. The van der Waals surface area contributed by atoms with Gasteiger partial charge in [-0.1, -0.05) is 50.2 Å². The van der Waals surface area contributed by atoms with Crippen molar-refractivity contribution < 1.29 is 76.4 Å². The number of hydrogen-bond acceptors (Lipinski definition) is 14. The lowest BCUT2D eigenvalue weighted by Crippen LogP contribution is -2.57. The first-order chi connectivity index (χ1) is 37.6. The number of nitrogens with zero attached hydrogens (tertiary/aromatic N) is 2. The fourth-order valence-corrected chi connectivity index (χ4v) is 10.9. The van der Waals surface area contributed by atoms with Crippen LogP contribution in [0.25, 0.3) is 0 Å². The molecule has 6 rings (SSSR count). The summed E-state index contributed by atoms with van der Waals surface area (Å²) in [5.74, 6) is -8.72. The van der Waals surface area contributed by atoms with Crippen LogP contribution in [0.3, 0.4) is 0 Å². The molecule has 2 heterocycles. The summed E-state index contributed by atoms with van der Waals surface area (Å²) in [4.78, 5) is 129. The first kappa shape index (κ1) is 60.5. The van der Waals surface area contributed by atoms with E-state index in [0.717, 1.165) is 9.87 Å². The molecular weight excluding hydrogens is 1060 g/mol. The standard InChI is InChI=1S/C55H64N8O16S/c1-30-25-31(2)48(43(26-30)79-53(75)32(3)57-50(72)39(17-21-46(67)68)60-51(73)40(18-22-47(69)70)59-49(71)38(56)16-20-45(65)66)55(4,5)28-44(64)58-36-13-11-34(12-14-36)52(74)62-24-23-35-27-37(15-19-42(35)62)80(77,78)63-29-41(61-54(63)76)33-9-7-6-8-10-33/h6-15,19,25-27,32,38-41H,16-18,20-24,28-29,56H2,1-5H3,(H,57,72)(H,58,64)(H,59,71)(H,60,73)(H,61,76)(H,65,66)(H,67,68)(H,69,70)/t32?,38-,39-,40-,41+/m0/s1. The Morgan fingerprint density at radius 1 is 0.775 bits per heavy atom. The number of carboxylic acid groups (broad SMARTS) is 3. The third kappa shape index (κ3) is 15.3. The van der Waals surface area contributed by atoms with Gasteiger partial charge < -0.3 is 57.3 Å². The molecule has 1 saturated heterocycles. The lowest BCUT2D eigenvalue weighted by Gasteiger charge is -2.29. The minimum Gasteiger partial charge on any atom is -0.481 e. The van der Waals surface area contributed by atoms with Gasteiger partial charge in [-0.05, 0) is 117 Å². The van der Waals surface area contributed by atoms with Crippen LogP contribution in [0.1, 0.15) is 110 Å². The summed E-state index contributed by atoms with van der Waals surface area (Å²) in [5.41, 5.74) is 9.14. The molecule has 25 heteroatoms. The van der Waals surface area contributed by atoms with Gasteiger partial charge >= 0.3 is 29.9 Å². The van der Waals surface area contributed by atoms with Crippen LogP contribution < -0.4 is 42.0 Å². The maximum atomic E-state index is 13.8. The topological polar surface area (TPSA) is 367 Å². The molecule has 5 atom stereocenters. The maximum absolute atomic E-state index is 13.8. The molecule has 0 saturated carbocycles. The lowest BCUT2D eigenvalue weighted by atomic mass is 9.78. The van der Waals surface area contributed by atoms with E-state index in [-0.39, 0.29) is 42.5 Å². The van der Waals surface area contributed by atoms with Gasteiger partial charge in [0.2, 0.25) is 23.6 Å². The highest BCUT2D eigenvalue weighted by atomic mass is 32.2. The molecule has 4 aromatic carbocycles. The highest BCUT2D eigenvalue weighted by Crippen LogP contribution is 2.39. The van der Waals surface area contributed by atoms with Gasteiger partial charge in [0.25, 0.3) is 15.9 Å². The van der Waals surface area contributed by atoms with Gasteiger partial charge in [0.1, 0.15) is 23.9 Å². The Balaban J connectivity index is 1.07. The van der Waals surface area contributed by atoms with Crippen molar-refractivity contribution in [3.8, 4) is 5.75 Å². The zero-order valence-electron chi connectivity index (χ0n) is 44.6. The second kappa shape index (κ2) is 25.8. The van der Waals surface area contributed by atoms with Crippen LogP contribution in [-0.2, 0) is 60.2 Å². The Hall–Kier alpha value is -8.71. The van der Waals surface area contributed by atoms with E-state index >= 15 is 0 Å². The molecule has 10 N–H and O–H groups in total. The molecular formula is C55H64N8O16S. The van der Waals surface area contributed by atoms with Crippen LogP contribution in [-0.4, -0.2) is 125 Å². The number of carbonyl (C=O) groups excluding carboxylic acids is 7. The molecule has 2 aliphatic rings. The van der Waals surface area contributed by atoms with Gasteiger partial charge in [-0.25, -0.2) is 22.3 Å². The Morgan fingerprint density at radius 3 is 1.98 bits per heavy atom. The molecule has 0 radical (unpaired) electrons. The predicted octanol–water partition coefficient (Wildman–Crippen LogP) is 3.57. The van der Waals surface area contributed by atoms with Crippen LogP contribution in [0.15, 0.2) is 89.8 Å². The molecule has 0 bridgehead atoms. The van der Waals surface area contributed by atoms with Crippen molar-refractivity contribution >= 4 is 80.8 Å². The normalized spacial score (nSPS) is 15.5. The SMILES string of the molecule is Cc1cc(C)c(C(C)(C)CC(=O)Nc2ccc(C(=O)N3CCc4cc(S(=O)(=O)N5C[C@H](c6ccccc6)NC5=O)ccc43)cc2)c(OC(=O)C(C)NC(=O)[C@H](CCC(=O)O)NC(=O)[C@H](CCC(=O)O)NC(=O)[C@@H](N)CCC(=O)O)c1. The van der Waals surface area contributed by atoms with Gasteiger partial charge in [0.15, 0.2) is 0 Å². The van der Waals surface area contributed by atoms with E-state index < -0.39 is 131 Å². The van der Waals surface area contributed by atoms with E-state index in [4.69, 9.17) is 15.6 Å². The summed E-state index contributed by atoms with van der Waals surface area (Å²) in [6, 6.07) is 15.8. The van der Waals surface area contributed by atoms with Crippen molar-refractivity contribution in [2.75, 3.05) is 23.3 Å². The van der Waals surface area contributed by atoms with E-state index in [1.807, 2.05) is 12.1 Å². The average molecular weight is 1130 g/mol. The number of amides is 7. The number of ether oxygens (including phenoxy) is 1. The van der Waals surface area contributed by atoms with Gasteiger partial charge in [0, 0.05) is 60.1 Å². The number of anilines is 2. The summed E-state index contributed by atoms with van der Waals surface area (Å²) in [5, 5.41) is 40.2. The van der Waals surface area contributed by atoms with Crippen LogP contribution in [0.2, 0.25) is 0 Å².